The fourth-order valence-electron chi connectivity index (χ4n) is 1.75. The first-order valence-electron chi connectivity index (χ1n) is 7.07. The molecule has 0 bridgehead atoms. The Morgan fingerprint density at radius 1 is 1.21 bits per heavy atom. The molecule has 2 aromatic rings. The molecule has 0 aliphatic heterocycles. The molecule has 126 valence electrons. The molecule has 0 aliphatic carbocycles. The van der Waals surface area contributed by atoms with Crippen LogP contribution in [-0.4, -0.2) is 25.1 Å². The van der Waals surface area contributed by atoms with Gasteiger partial charge in [0.2, 0.25) is 0 Å². The number of ether oxygens (including phenoxy) is 2. The minimum absolute atomic E-state index is 0.402. The Kier molecular flexibility index (Phi) is 6.57. The van der Waals surface area contributed by atoms with Crippen molar-refractivity contribution in [1.82, 2.24) is 0 Å². The lowest BCUT2D eigenvalue weighted by Gasteiger charge is -2.12. The van der Waals surface area contributed by atoms with E-state index in [1.54, 1.807) is 37.5 Å². The summed E-state index contributed by atoms with van der Waals surface area (Å²) in [6.07, 6.45) is 2.04. The predicted octanol–water partition coefficient (Wildman–Crippen LogP) is 4.10. The second-order valence-corrected chi connectivity index (χ2v) is 7.27. The van der Waals surface area contributed by atoms with Crippen molar-refractivity contribution in [1.29, 1.82) is 0 Å². The van der Waals surface area contributed by atoms with Gasteiger partial charge in [-0.05, 0) is 65.3 Å². The van der Waals surface area contributed by atoms with E-state index in [4.69, 9.17) is 9.47 Å². The second-order valence-electron chi connectivity index (χ2n) is 4.77. The molecule has 5 nitrogen and oxygen atoms in total. The summed E-state index contributed by atoms with van der Waals surface area (Å²) in [5.41, 5.74) is 0.600. The van der Waals surface area contributed by atoms with Gasteiger partial charge in [-0.2, -0.15) is 0 Å². The van der Waals surface area contributed by atoms with Crippen LogP contribution in [0.5, 0.6) is 5.75 Å². The van der Waals surface area contributed by atoms with Gasteiger partial charge in [-0.15, -0.1) is 11.3 Å². The number of anilines is 1. The number of amides is 1. The molecule has 0 unspecified atom stereocenters. The summed E-state index contributed by atoms with van der Waals surface area (Å²) < 4.78 is 11.1. The van der Waals surface area contributed by atoms with E-state index in [0.29, 0.717) is 11.4 Å². The van der Waals surface area contributed by atoms with Crippen molar-refractivity contribution in [2.24, 2.45) is 0 Å². The first kappa shape index (κ1) is 18.2. The predicted molar refractivity (Wildman–Crippen MR) is 98.2 cm³/mol. The fourth-order valence-corrected chi connectivity index (χ4v) is 3.08. The van der Waals surface area contributed by atoms with E-state index < -0.39 is 18.0 Å². The number of methoxy groups -OCH3 is 1. The molecule has 1 heterocycles. The molecular weight excluding hydrogens is 394 g/mol. The van der Waals surface area contributed by atoms with Gasteiger partial charge in [0.05, 0.1) is 10.9 Å². The van der Waals surface area contributed by atoms with Crippen LogP contribution >= 0.6 is 27.3 Å². The monoisotopic (exact) mass is 409 g/mol. The van der Waals surface area contributed by atoms with Gasteiger partial charge in [0.15, 0.2) is 6.10 Å². The smallest absolute Gasteiger partial charge is 0.331 e. The summed E-state index contributed by atoms with van der Waals surface area (Å²) in [7, 11) is 1.57. The third-order valence-electron chi connectivity index (χ3n) is 3.00. The number of carbonyl (C=O) groups is 2. The number of halogens is 1. The molecule has 1 aromatic carbocycles. The van der Waals surface area contributed by atoms with Gasteiger partial charge in [-0.25, -0.2) is 4.79 Å². The number of benzene rings is 1. The van der Waals surface area contributed by atoms with Crippen LogP contribution in [-0.2, 0) is 14.3 Å². The zero-order valence-electron chi connectivity index (χ0n) is 13.1. The Morgan fingerprint density at radius 2 is 1.92 bits per heavy atom. The molecular formula is C17H16BrNO4S. The van der Waals surface area contributed by atoms with Crippen molar-refractivity contribution in [3.05, 3.63) is 51.1 Å². The van der Waals surface area contributed by atoms with Gasteiger partial charge in [0.1, 0.15) is 5.75 Å². The zero-order valence-corrected chi connectivity index (χ0v) is 15.5. The zero-order chi connectivity index (χ0) is 17.5. The van der Waals surface area contributed by atoms with Gasteiger partial charge in [-0.3, -0.25) is 4.79 Å². The molecule has 0 fully saturated rings. The van der Waals surface area contributed by atoms with Crippen molar-refractivity contribution in [2.45, 2.75) is 13.0 Å². The topological polar surface area (TPSA) is 64.6 Å². The minimum atomic E-state index is -0.903. The molecule has 0 spiro atoms. The molecule has 1 amide bonds. The molecule has 7 heteroatoms. The van der Waals surface area contributed by atoms with Crippen LogP contribution in [0.25, 0.3) is 6.08 Å². The third kappa shape index (κ3) is 5.50. The highest BCUT2D eigenvalue weighted by Crippen LogP contribution is 2.23. The average molecular weight is 410 g/mol. The Bertz CT molecular complexity index is 739. The SMILES string of the molecule is COc1ccc(NC(=O)[C@H](C)OC(=O)/C=C/c2ccc(Br)s2)cc1. The second kappa shape index (κ2) is 8.65. The highest BCUT2D eigenvalue weighted by molar-refractivity contribution is 9.11. The number of nitrogens with one attached hydrogen (secondary N) is 1. The largest absolute Gasteiger partial charge is 0.497 e. The van der Waals surface area contributed by atoms with Crippen LogP contribution < -0.4 is 10.1 Å². The molecule has 0 saturated heterocycles. The van der Waals surface area contributed by atoms with Crippen molar-refractivity contribution in [2.75, 3.05) is 12.4 Å². The molecule has 0 aliphatic rings. The minimum Gasteiger partial charge on any atom is -0.497 e. The lowest BCUT2D eigenvalue weighted by atomic mass is 10.3. The van der Waals surface area contributed by atoms with E-state index in [0.717, 1.165) is 8.66 Å². The molecule has 1 N–H and O–H groups in total. The van der Waals surface area contributed by atoms with E-state index in [9.17, 15) is 9.59 Å². The molecule has 24 heavy (non-hydrogen) atoms. The Labute approximate surface area is 152 Å². The summed E-state index contributed by atoms with van der Waals surface area (Å²) in [4.78, 5) is 24.7. The van der Waals surface area contributed by atoms with Crippen LogP contribution in [0.3, 0.4) is 0 Å². The van der Waals surface area contributed by atoms with Crippen molar-refractivity contribution in [3.63, 3.8) is 0 Å². The normalized spacial score (nSPS) is 12.0. The van der Waals surface area contributed by atoms with Gasteiger partial charge in [-0.1, -0.05) is 0 Å². The third-order valence-corrected chi connectivity index (χ3v) is 4.59. The summed E-state index contributed by atoms with van der Waals surface area (Å²) in [6.45, 7) is 1.52. The van der Waals surface area contributed by atoms with Crippen LogP contribution in [0.2, 0.25) is 0 Å². The molecule has 2 rings (SSSR count). The van der Waals surface area contributed by atoms with E-state index in [-0.39, 0.29) is 0 Å². The molecule has 0 saturated carbocycles. The van der Waals surface area contributed by atoms with Gasteiger partial charge in [0.25, 0.3) is 5.91 Å². The maximum atomic E-state index is 12.0. The average Bonchev–Trinajstić information content (AvgIpc) is 2.99. The fraction of sp³-hybridized carbons (Fsp3) is 0.176. The Balaban J connectivity index is 1.85. The number of esters is 1. The standard InChI is InChI=1S/C17H16BrNO4S/c1-11(17(21)19-12-3-5-13(22-2)6-4-12)23-16(20)10-8-14-7-9-15(18)24-14/h3-11H,1-2H3,(H,19,21)/b10-8+/t11-/m0/s1. The van der Waals surface area contributed by atoms with E-state index in [1.165, 1.54) is 24.3 Å². The number of thiophene rings is 1. The summed E-state index contributed by atoms with van der Waals surface area (Å²) >= 11 is 4.84. The first-order valence-corrected chi connectivity index (χ1v) is 8.68. The highest BCUT2D eigenvalue weighted by Gasteiger charge is 2.16. The van der Waals surface area contributed by atoms with E-state index in [1.807, 2.05) is 12.1 Å². The Hall–Kier alpha value is -2.12. The quantitative estimate of drug-likeness (QED) is 0.575. The molecule has 0 radical (unpaired) electrons. The summed E-state index contributed by atoms with van der Waals surface area (Å²) in [5, 5.41) is 2.68. The molecule has 1 atom stereocenters. The van der Waals surface area contributed by atoms with Gasteiger partial charge in [0, 0.05) is 16.6 Å². The number of hydrogen-bond donors (Lipinski definition) is 1. The first-order chi connectivity index (χ1) is 11.5. The lowest BCUT2D eigenvalue weighted by molar-refractivity contribution is -0.148. The van der Waals surface area contributed by atoms with Crippen LogP contribution in [0.15, 0.2) is 46.3 Å². The van der Waals surface area contributed by atoms with E-state index in [2.05, 4.69) is 21.2 Å². The maximum Gasteiger partial charge on any atom is 0.331 e. The van der Waals surface area contributed by atoms with Crippen molar-refractivity contribution in [3.8, 4) is 5.75 Å². The Morgan fingerprint density at radius 3 is 2.50 bits per heavy atom. The van der Waals surface area contributed by atoms with Gasteiger partial charge < -0.3 is 14.8 Å². The van der Waals surface area contributed by atoms with Crippen molar-refractivity contribution >= 4 is 50.9 Å². The van der Waals surface area contributed by atoms with Crippen molar-refractivity contribution < 1.29 is 19.1 Å². The van der Waals surface area contributed by atoms with Crippen LogP contribution in [0, 0.1) is 0 Å². The number of hydrogen-bond acceptors (Lipinski definition) is 5. The lowest BCUT2D eigenvalue weighted by Crippen LogP contribution is -2.29. The maximum absolute atomic E-state index is 12.0. The van der Waals surface area contributed by atoms with Crippen LogP contribution in [0.4, 0.5) is 5.69 Å². The van der Waals surface area contributed by atoms with Gasteiger partial charge >= 0.3 is 5.97 Å². The number of rotatable bonds is 6. The molecule has 1 aromatic heterocycles. The summed E-state index contributed by atoms with van der Waals surface area (Å²) in [5.74, 6) is -0.282. The number of carbonyl (C=O) groups excluding carboxylic acids is 2. The highest BCUT2D eigenvalue weighted by atomic mass is 79.9. The van der Waals surface area contributed by atoms with Crippen LogP contribution in [0.1, 0.15) is 11.8 Å². The van der Waals surface area contributed by atoms with E-state index >= 15 is 0 Å². The summed E-state index contributed by atoms with van der Waals surface area (Å²) in [6, 6.07) is 10.6.